The molecule has 1 fully saturated rings. The first kappa shape index (κ1) is 16.4. The van der Waals surface area contributed by atoms with Crippen LogP contribution < -0.4 is 5.32 Å². The van der Waals surface area contributed by atoms with E-state index in [1.807, 2.05) is 35.7 Å². The van der Waals surface area contributed by atoms with Gasteiger partial charge in [-0.1, -0.05) is 42.5 Å². The highest BCUT2D eigenvalue weighted by atomic mass is 32.2. The van der Waals surface area contributed by atoms with Gasteiger partial charge in [0.15, 0.2) is 5.13 Å². The number of thiazole rings is 1. The van der Waals surface area contributed by atoms with Crippen molar-refractivity contribution in [3.8, 4) is 11.3 Å². The van der Waals surface area contributed by atoms with Crippen LogP contribution in [0.2, 0.25) is 0 Å². The maximum absolute atomic E-state index is 12.8. The number of benzene rings is 2. The minimum atomic E-state index is -0.368. The van der Waals surface area contributed by atoms with Crippen LogP contribution in [0.5, 0.6) is 0 Å². The van der Waals surface area contributed by atoms with Crippen molar-refractivity contribution in [3.05, 3.63) is 65.5 Å². The monoisotopic (exact) mass is 366 g/mol. The lowest BCUT2D eigenvalue weighted by Crippen LogP contribution is -2.27. The largest absolute Gasteiger partial charge is 0.301 e. The van der Waals surface area contributed by atoms with E-state index >= 15 is 0 Å². The fourth-order valence-corrected chi connectivity index (χ4v) is 4.09. The number of nitrogens with zero attached hydrogens (tertiary/aromatic N) is 1. The van der Waals surface area contributed by atoms with E-state index in [2.05, 4.69) is 40.8 Å². The number of carbonyl (C=O) groups excluding carboxylic acids is 1. The zero-order valence-electron chi connectivity index (χ0n) is 13.9. The van der Waals surface area contributed by atoms with E-state index in [0.717, 1.165) is 29.7 Å². The van der Waals surface area contributed by atoms with Crippen LogP contribution in [0.1, 0.15) is 18.4 Å². The van der Waals surface area contributed by atoms with Gasteiger partial charge < -0.3 is 5.32 Å². The highest BCUT2D eigenvalue weighted by molar-refractivity contribution is 7.98. The van der Waals surface area contributed by atoms with Gasteiger partial charge in [-0.05, 0) is 36.8 Å². The zero-order valence-corrected chi connectivity index (χ0v) is 15.5. The first-order chi connectivity index (χ1) is 12.2. The average Bonchev–Trinajstić information content (AvgIpc) is 3.36. The third-order valence-electron chi connectivity index (χ3n) is 4.62. The second-order valence-electron chi connectivity index (χ2n) is 6.17. The fourth-order valence-electron chi connectivity index (χ4n) is 2.97. The summed E-state index contributed by atoms with van der Waals surface area (Å²) in [6.45, 7) is 0. The van der Waals surface area contributed by atoms with Gasteiger partial charge in [-0.15, -0.1) is 23.1 Å². The van der Waals surface area contributed by atoms with Crippen LogP contribution in [0.3, 0.4) is 0 Å². The quantitative estimate of drug-likeness (QED) is 0.631. The smallest absolute Gasteiger partial charge is 0.236 e. The number of rotatable bonds is 5. The van der Waals surface area contributed by atoms with Gasteiger partial charge in [0, 0.05) is 15.8 Å². The van der Waals surface area contributed by atoms with Crippen molar-refractivity contribution < 1.29 is 4.79 Å². The Hall–Kier alpha value is -2.11. The molecule has 0 saturated heterocycles. The minimum Gasteiger partial charge on any atom is -0.301 e. The maximum atomic E-state index is 12.8. The lowest BCUT2D eigenvalue weighted by atomic mass is 9.95. The van der Waals surface area contributed by atoms with Gasteiger partial charge in [-0.2, -0.15) is 0 Å². The molecular formula is C20H18N2OS2. The van der Waals surface area contributed by atoms with E-state index in [1.165, 1.54) is 16.2 Å². The molecule has 4 rings (SSSR count). The second kappa shape index (κ2) is 6.65. The summed E-state index contributed by atoms with van der Waals surface area (Å²) in [4.78, 5) is 18.6. The van der Waals surface area contributed by atoms with Crippen LogP contribution in [-0.4, -0.2) is 17.1 Å². The molecule has 0 spiro atoms. The number of anilines is 1. The van der Waals surface area contributed by atoms with E-state index < -0.39 is 0 Å². The Morgan fingerprint density at radius 1 is 1.12 bits per heavy atom. The van der Waals surface area contributed by atoms with E-state index in [4.69, 9.17) is 0 Å². The molecule has 25 heavy (non-hydrogen) atoms. The van der Waals surface area contributed by atoms with Crippen LogP contribution in [-0.2, 0) is 10.2 Å². The molecule has 1 saturated carbocycles. The molecule has 2 aromatic carbocycles. The Morgan fingerprint density at radius 2 is 1.84 bits per heavy atom. The fraction of sp³-hybridized carbons (Fsp3) is 0.200. The second-order valence-corrected chi connectivity index (χ2v) is 7.91. The van der Waals surface area contributed by atoms with Gasteiger partial charge >= 0.3 is 0 Å². The van der Waals surface area contributed by atoms with Gasteiger partial charge in [-0.25, -0.2) is 4.98 Å². The van der Waals surface area contributed by atoms with Crippen molar-refractivity contribution in [1.82, 2.24) is 4.98 Å². The highest BCUT2D eigenvalue weighted by Gasteiger charge is 2.51. The molecule has 1 aromatic heterocycles. The number of nitrogens with one attached hydrogen (secondary N) is 1. The molecule has 1 aliphatic carbocycles. The number of carbonyl (C=O) groups is 1. The van der Waals surface area contributed by atoms with Crippen molar-refractivity contribution in [3.63, 3.8) is 0 Å². The summed E-state index contributed by atoms with van der Waals surface area (Å²) in [6, 6.07) is 18.3. The summed E-state index contributed by atoms with van der Waals surface area (Å²) in [7, 11) is 0. The van der Waals surface area contributed by atoms with Gasteiger partial charge in [0.25, 0.3) is 0 Å². The molecular weight excluding hydrogens is 348 g/mol. The maximum Gasteiger partial charge on any atom is 0.236 e. The van der Waals surface area contributed by atoms with Crippen molar-refractivity contribution in [2.75, 3.05) is 11.6 Å². The van der Waals surface area contributed by atoms with E-state index in [9.17, 15) is 4.79 Å². The number of thioether (sulfide) groups is 1. The lowest BCUT2D eigenvalue weighted by molar-refractivity contribution is -0.118. The van der Waals surface area contributed by atoms with Crippen molar-refractivity contribution in [2.24, 2.45) is 0 Å². The van der Waals surface area contributed by atoms with Crippen LogP contribution in [0.15, 0.2) is 64.9 Å². The SMILES string of the molecule is CSc1ccc(-c2csc(NC(=O)C3(c4ccccc4)CC3)n2)cc1. The van der Waals surface area contributed by atoms with Crippen LogP contribution in [0.4, 0.5) is 5.13 Å². The van der Waals surface area contributed by atoms with Gasteiger partial charge in [0.2, 0.25) is 5.91 Å². The predicted octanol–water partition coefficient (Wildman–Crippen LogP) is 5.20. The summed E-state index contributed by atoms with van der Waals surface area (Å²) in [5.41, 5.74) is 2.70. The molecule has 1 heterocycles. The lowest BCUT2D eigenvalue weighted by Gasteiger charge is -2.14. The van der Waals surface area contributed by atoms with E-state index in [-0.39, 0.29) is 11.3 Å². The Kier molecular flexibility index (Phi) is 4.36. The molecule has 3 aromatic rings. The Morgan fingerprint density at radius 3 is 2.48 bits per heavy atom. The summed E-state index contributed by atoms with van der Waals surface area (Å²) in [6.07, 6.45) is 3.86. The Balaban J connectivity index is 1.50. The van der Waals surface area contributed by atoms with E-state index in [1.54, 1.807) is 11.8 Å². The molecule has 0 bridgehead atoms. The molecule has 3 nitrogen and oxygen atoms in total. The summed E-state index contributed by atoms with van der Waals surface area (Å²) < 4.78 is 0. The molecule has 1 amide bonds. The number of amides is 1. The molecule has 5 heteroatoms. The predicted molar refractivity (Wildman–Crippen MR) is 105 cm³/mol. The standard InChI is InChI=1S/C20H18N2OS2/c1-24-16-9-7-14(8-10-16)17-13-25-19(21-17)22-18(23)20(11-12-20)15-5-3-2-4-6-15/h2-10,13H,11-12H2,1H3,(H,21,22,23). The van der Waals surface area contributed by atoms with Gasteiger partial charge in [0.05, 0.1) is 11.1 Å². The number of aromatic nitrogens is 1. The summed E-state index contributed by atoms with van der Waals surface area (Å²) in [5, 5.41) is 5.68. The summed E-state index contributed by atoms with van der Waals surface area (Å²) in [5.74, 6) is 0.0531. The van der Waals surface area contributed by atoms with Crippen molar-refractivity contribution >= 4 is 34.1 Å². The van der Waals surface area contributed by atoms with Gasteiger partial charge in [-0.3, -0.25) is 4.79 Å². The third kappa shape index (κ3) is 3.22. The first-order valence-electron chi connectivity index (χ1n) is 8.18. The molecule has 0 unspecified atom stereocenters. The van der Waals surface area contributed by atoms with Crippen LogP contribution in [0.25, 0.3) is 11.3 Å². The molecule has 126 valence electrons. The molecule has 0 aliphatic heterocycles. The molecule has 1 aliphatic rings. The molecule has 0 atom stereocenters. The van der Waals surface area contributed by atoms with Gasteiger partial charge in [0.1, 0.15) is 0 Å². The highest BCUT2D eigenvalue weighted by Crippen LogP contribution is 2.49. The first-order valence-corrected chi connectivity index (χ1v) is 10.3. The molecule has 1 N–H and O–H groups in total. The van der Waals surface area contributed by atoms with E-state index in [0.29, 0.717) is 5.13 Å². The third-order valence-corrected chi connectivity index (χ3v) is 6.12. The molecule has 0 radical (unpaired) electrons. The van der Waals surface area contributed by atoms with Crippen molar-refractivity contribution in [2.45, 2.75) is 23.2 Å². The Labute approximate surface area is 155 Å². The number of hydrogen-bond acceptors (Lipinski definition) is 4. The average molecular weight is 367 g/mol. The van der Waals surface area contributed by atoms with Crippen LogP contribution >= 0.6 is 23.1 Å². The Bertz CT molecular complexity index is 884. The number of hydrogen-bond donors (Lipinski definition) is 1. The normalized spacial score (nSPS) is 14.9. The van der Waals surface area contributed by atoms with Crippen LogP contribution in [0, 0.1) is 0 Å². The zero-order chi connectivity index (χ0) is 17.3. The van der Waals surface area contributed by atoms with Crippen molar-refractivity contribution in [1.29, 1.82) is 0 Å². The minimum absolute atomic E-state index is 0.0531. The summed E-state index contributed by atoms with van der Waals surface area (Å²) >= 11 is 3.19. The topological polar surface area (TPSA) is 42.0 Å².